The molecule has 41 heavy (non-hydrogen) atoms. The summed E-state index contributed by atoms with van der Waals surface area (Å²) in [4.78, 5) is 39.7. The minimum atomic E-state index is -4.92. The molecule has 0 saturated heterocycles. The molecule has 0 fully saturated rings. The smallest absolute Gasteiger partial charge is 0.869 e. The Morgan fingerprint density at radius 3 is 0.512 bits per heavy atom. The van der Waals surface area contributed by atoms with E-state index < -0.39 is 70.9 Å². The number of carbonyl (C=O) groups excluding carboxylic acids is 4. The number of halogens is 12. The molecule has 0 aliphatic heterocycles. The van der Waals surface area contributed by atoms with Crippen LogP contribution in [0.1, 0.15) is 27.7 Å². The Labute approximate surface area is 241 Å². The van der Waals surface area contributed by atoms with Gasteiger partial charge in [0.1, 0.15) is 0 Å². The molecule has 0 aromatic rings. The average Bonchev–Trinajstić information content (AvgIpc) is 2.64. The van der Waals surface area contributed by atoms with Gasteiger partial charge in [-0.1, -0.05) is 0 Å². The molecule has 8 nitrogen and oxygen atoms in total. The largest absolute Gasteiger partial charge is 4.00 e. The third-order valence-corrected chi connectivity index (χ3v) is 2.45. The molecule has 0 radical (unpaired) electrons. The van der Waals surface area contributed by atoms with Gasteiger partial charge in [0.25, 0.3) is 0 Å². The van der Waals surface area contributed by atoms with Crippen molar-refractivity contribution in [2.75, 3.05) is 0 Å². The summed E-state index contributed by atoms with van der Waals surface area (Å²) in [5.74, 6) is -12.0. The van der Waals surface area contributed by atoms with Crippen LogP contribution in [0.5, 0.6) is 0 Å². The number of hydrogen-bond donors (Lipinski definition) is 0. The number of ketones is 4. The molecular formula is C20H16F12O8Zr. The van der Waals surface area contributed by atoms with E-state index in [0.29, 0.717) is 0 Å². The van der Waals surface area contributed by atoms with Crippen LogP contribution in [-0.4, -0.2) is 47.8 Å². The fourth-order valence-electron chi connectivity index (χ4n) is 1.07. The number of carbonyl (C=O) groups is 4. The molecule has 0 saturated carbocycles. The van der Waals surface area contributed by atoms with Gasteiger partial charge in [0, 0.05) is 0 Å². The number of hydrogen-bond acceptors (Lipinski definition) is 8. The van der Waals surface area contributed by atoms with Gasteiger partial charge in [0.15, 0.2) is 23.1 Å². The first-order valence-electron chi connectivity index (χ1n) is 9.21. The van der Waals surface area contributed by atoms with Crippen LogP contribution < -0.4 is 20.4 Å². The van der Waals surface area contributed by atoms with Crippen LogP contribution in [0.3, 0.4) is 0 Å². The molecule has 21 heteroatoms. The van der Waals surface area contributed by atoms with Crippen LogP contribution in [-0.2, 0) is 45.4 Å². The van der Waals surface area contributed by atoms with Crippen molar-refractivity contribution in [1.29, 1.82) is 0 Å². The van der Waals surface area contributed by atoms with Gasteiger partial charge in [-0.3, -0.25) is 19.2 Å². The second-order valence-electron chi connectivity index (χ2n) is 6.47. The maximum atomic E-state index is 11.3. The Bertz CT molecular complexity index is 840. The summed E-state index contributed by atoms with van der Waals surface area (Å²) in [6.45, 7) is 3.51. The van der Waals surface area contributed by atoms with Crippen molar-refractivity contribution in [3.63, 3.8) is 0 Å². The van der Waals surface area contributed by atoms with Crippen molar-refractivity contribution < 1.29 is 118 Å². The Kier molecular flexibility index (Phi) is 23.1. The zero-order valence-electron chi connectivity index (χ0n) is 20.6. The maximum Gasteiger partial charge on any atom is 4.00 e. The van der Waals surface area contributed by atoms with Crippen molar-refractivity contribution in [2.24, 2.45) is 0 Å². The molecule has 0 aromatic carbocycles. The predicted molar refractivity (Wildman–Crippen MR) is 99.3 cm³/mol. The predicted octanol–water partition coefficient (Wildman–Crippen LogP) is 1.53. The van der Waals surface area contributed by atoms with Gasteiger partial charge >= 0.3 is 50.9 Å². The second-order valence-corrected chi connectivity index (χ2v) is 6.47. The van der Waals surface area contributed by atoms with Crippen LogP contribution in [0.15, 0.2) is 47.3 Å². The van der Waals surface area contributed by atoms with Crippen LogP contribution in [0, 0.1) is 0 Å². The standard InChI is InChI=1S/4C5H5F3O2.Zr/c4*1-3(9)2-4(10)5(6,7)8;/h4*2,10H,1H3;/q;;;;+4/p-4/b4*4-2-;. The van der Waals surface area contributed by atoms with Gasteiger partial charge in [0.2, 0.25) is 0 Å². The molecule has 0 aromatic heterocycles. The molecule has 0 aliphatic rings. The molecule has 0 spiro atoms. The normalized spacial score (nSPS) is 13.1. The Morgan fingerprint density at radius 1 is 0.390 bits per heavy atom. The summed E-state index contributed by atoms with van der Waals surface area (Å²) in [5.41, 5.74) is 0. The molecule has 0 amide bonds. The van der Waals surface area contributed by atoms with Crippen molar-refractivity contribution in [1.82, 2.24) is 0 Å². The first-order valence-corrected chi connectivity index (χ1v) is 9.21. The summed E-state index contributed by atoms with van der Waals surface area (Å²) < 4.78 is 135. The van der Waals surface area contributed by atoms with E-state index in [1.807, 2.05) is 0 Å². The van der Waals surface area contributed by atoms with E-state index in [9.17, 15) is 92.3 Å². The third-order valence-electron chi connectivity index (χ3n) is 2.45. The summed E-state index contributed by atoms with van der Waals surface area (Å²) in [5, 5.41) is 39.5. The molecule has 0 atom stereocenters. The van der Waals surface area contributed by atoms with Crippen molar-refractivity contribution in [3.05, 3.63) is 47.3 Å². The molecule has 0 heterocycles. The van der Waals surface area contributed by atoms with Crippen molar-refractivity contribution in [2.45, 2.75) is 52.4 Å². The fraction of sp³-hybridized carbons (Fsp3) is 0.400. The molecule has 232 valence electrons. The minimum absolute atomic E-state index is 0. The Hall–Kier alpha value is -3.12. The molecule has 0 aliphatic carbocycles. The SMILES string of the molecule is CC(=O)/C=C(\[O-])C(F)(F)F.CC(=O)/C=C(\[O-])C(F)(F)F.CC(=O)/C=C(\[O-])C(F)(F)F.CC(=O)/C=C(\[O-])C(F)(F)F.[Zr+4]. The monoisotopic (exact) mass is 702 g/mol. The third kappa shape index (κ3) is 33.0. The zero-order valence-corrected chi connectivity index (χ0v) is 23.1. The van der Waals surface area contributed by atoms with Gasteiger partial charge in [-0.15, -0.1) is 0 Å². The van der Waals surface area contributed by atoms with Gasteiger partial charge in [-0.05, 0) is 75.0 Å². The minimum Gasteiger partial charge on any atom is -0.869 e. The first kappa shape index (κ1) is 47.7. The second kappa shape index (κ2) is 19.9. The Balaban J connectivity index is -0.000000139. The van der Waals surface area contributed by atoms with E-state index in [-0.39, 0.29) is 50.5 Å². The van der Waals surface area contributed by atoms with Crippen LogP contribution in [0.25, 0.3) is 0 Å². The van der Waals surface area contributed by atoms with E-state index in [2.05, 4.69) is 0 Å². The fourth-order valence-corrected chi connectivity index (χ4v) is 1.07. The van der Waals surface area contributed by atoms with Crippen molar-refractivity contribution >= 4 is 23.1 Å². The van der Waals surface area contributed by atoms with Gasteiger partial charge in [-0.2, -0.15) is 52.7 Å². The molecule has 0 N–H and O–H groups in total. The first-order chi connectivity index (χ1) is 17.3. The van der Waals surface area contributed by atoms with E-state index in [1.165, 1.54) is 0 Å². The summed E-state index contributed by atoms with van der Waals surface area (Å²) in [7, 11) is 0. The average molecular weight is 704 g/mol. The molecule has 0 rings (SSSR count). The van der Waals surface area contributed by atoms with Gasteiger partial charge in [-0.25, -0.2) is 0 Å². The van der Waals surface area contributed by atoms with E-state index in [0.717, 1.165) is 27.7 Å². The molecule has 0 unspecified atom stereocenters. The zero-order chi connectivity index (χ0) is 33.4. The molecule has 0 bridgehead atoms. The van der Waals surface area contributed by atoms with Gasteiger partial charge in [0.05, 0.1) is 0 Å². The Morgan fingerprint density at radius 2 is 0.488 bits per heavy atom. The van der Waals surface area contributed by atoms with Crippen LogP contribution >= 0.6 is 0 Å². The quantitative estimate of drug-likeness (QED) is 0.242. The number of allylic oxidation sites excluding steroid dienone is 8. The molecular weight excluding hydrogens is 687 g/mol. The van der Waals surface area contributed by atoms with E-state index in [4.69, 9.17) is 0 Å². The van der Waals surface area contributed by atoms with Crippen LogP contribution in [0.2, 0.25) is 0 Å². The van der Waals surface area contributed by atoms with E-state index >= 15 is 0 Å². The van der Waals surface area contributed by atoms with Crippen molar-refractivity contribution in [3.8, 4) is 0 Å². The number of rotatable bonds is 4. The van der Waals surface area contributed by atoms with E-state index in [1.54, 1.807) is 0 Å². The topological polar surface area (TPSA) is 161 Å². The summed E-state index contributed by atoms with van der Waals surface area (Å²) in [6.07, 6.45) is -19.6. The summed E-state index contributed by atoms with van der Waals surface area (Å²) in [6, 6.07) is 0. The number of alkyl halides is 12. The maximum absolute atomic E-state index is 11.3. The van der Waals surface area contributed by atoms with Gasteiger partial charge < -0.3 is 20.4 Å². The summed E-state index contributed by atoms with van der Waals surface area (Å²) >= 11 is 0. The van der Waals surface area contributed by atoms with Crippen LogP contribution in [0.4, 0.5) is 52.7 Å².